The molecule has 0 aliphatic carbocycles. The summed E-state index contributed by atoms with van der Waals surface area (Å²) in [6, 6.07) is 48.5. The quantitative estimate of drug-likeness (QED) is 0.122. The van der Waals surface area contributed by atoms with Crippen molar-refractivity contribution in [3.05, 3.63) is 156 Å². The van der Waals surface area contributed by atoms with E-state index in [0.717, 1.165) is 9.52 Å². The van der Waals surface area contributed by atoms with E-state index in [2.05, 4.69) is 174 Å². The fourth-order valence-electron chi connectivity index (χ4n) is 6.68. The van der Waals surface area contributed by atoms with Gasteiger partial charge in [0, 0.05) is 9.52 Å². The van der Waals surface area contributed by atoms with Crippen LogP contribution in [0.2, 0.25) is 13.1 Å². The van der Waals surface area contributed by atoms with Crippen molar-refractivity contribution >= 4 is 69.6 Å². The molecule has 8 rings (SSSR count). The summed E-state index contributed by atoms with van der Waals surface area (Å²) < 4.78 is 0. The second-order valence-electron chi connectivity index (χ2n) is 12.2. The molecule has 0 spiro atoms. The first kappa shape index (κ1) is 36.0. The van der Waals surface area contributed by atoms with E-state index in [4.69, 9.17) is 17.0 Å². The summed E-state index contributed by atoms with van der Waals surface area (Å²) in [5.74, 6) is 0. The third-order valence-electron chi connectivity index (χ3n) is 8.60. The van der Waals surface area contributed by atoms with E-state index in [0.29, 0.717) is 0 Å². The monoisotopic (exact) mass is 756 g/mol. The first-order valence-corrected chi connectivity index (χ1v) is 24.5. The minimum absolute atomic E-state index is 0.826. The molecule has 0 fully saturated rings. The molecule has 0 atom stereocenters. The summed E-state index contributed by atoms with van der Waals surface area (Å²) >= 11 is -0.826. The molecule has 2 radical (unpaired) electrons. The minimum atomic E-state index is -0.826. The van der Waals surface area contributed by atoms with Crippen LogP contribution in [0, 0.1) is 27.7 Å². The van der Waals surface area contributed by atoms with Crippen molar-refractivity contribution in [2.45, 2.75) is 40.8 Å². The molecule has 0 aromatic heterocycles. The second-order valence-corrected chi connectivity index (χ2v) is 16.9. The number of hydrogen-bond acceptors (Lipinski definition) is 0. The Labute approximate surface area is 306 Å². The van der Waals surface area contributed by atoms with Crippen LogP contribution in [0.5, 0.6) is 0 Å². The Hall–Kier alpha value is -3.26. The Morgan fingerprint density at radius 3 is 1.25 bits per heavy atom. The molecule has 0 aliphatic rings. The molecule has 0 saturated carbocycles. The first-order valence-electron chi connectivity index (χ1n) is 16.2. The summed E-state index contributed by atoms with van der Waals surface area (Å²) in [6.07, 6.45) is 0. The van der Waals surface area contributed by atoms with E-state index >= 15 is 0 Å². The van der Waals surface area contributed by atoms with Gasteiger partial charge in [-0.2, -0.15) is 12.1 Å². The van der Waals surface area contributed by atoms with Gasteiger partial charge >= 0.3 is 37.9 Å². The molecule has 0 bridgehead atoms. The second kappa shape index (κ2) is 16.9. The zero-order valence-electron chi connectivity index (χ0n) is 28.5. The molecule has 0 unspecified atom stereocenters. The molecule has 48 heavy (non-hydrogen) atoms. The summed E-state index contributed by atoms with van der Waals surface area (Å²) in [6.45, 7) is 13.0. The van der Waals surface area contributed by atoms with Crippen LogP contribution in [0.15, 0.2) is 133 Å². The molecule has 0 N–H and O–H groups in total. The van der Waals surface area contributed by atoms with E-state index in [-0.39, 0.29) is 0 Å². The van der Waals surface area contributed by atoms with Crippen LogP contribution in [0.25, 0.3) is 65.3 Å². The van der Waals surface area contributed by atoms with Crippen LogP contribution in [-0.2, 0) is 20.8 Å². The average Bonchev–Trinajstić information content (AvgIpc) is 3.67. The Kier molecular flexibility index (Phi) is 12.7. The Bertz CT molecular complexity index is 2130. The molecule has 8 aromatic carbocycles. The summed E-state index contributed by atoms with van der Waals surface area (Å²) in [5.41, 5.74) is 10.7. The van der Waals surface area contributed by atoms with Crippen LogP contribution >= 0.6 is 17.0 Å². The van der Waals surface area contributed by atoms with Gasteiger partial charge in [0.05, 0.1) is 0 Å². The van der Waals surface area contributed by atoms with Gasteiger partial charge in [-0.05, 0) is 57.6 Å². The Balaban J connectivity index is 0.000000162. The normalized spacial score (nSPS) is 10.5. The third kappa shape index (κ3) is 7.96. The van der Waals surface area contributed by atoms with Gasteiger partial charge in [0.25, 0.3) is 0 Å². The molecule has 0 amide bonds. The summed E-state index contributed by atoms with van der Waals surface area (Å²) in [4.78, 5) is 0. The molecular weight excluding hydrogens is 719 g/mol. The van der Waals surface area contributed by atoms with Gasteiger partial charge in [-0.15, -0.1) is 69.1 Å². The van der Waals surface area contributed by atoms with Crippen molar-refractivity contribution in [2.24, 2.45) is 0 Å². The maximum absolute atomic E-state index is 4.93. The van der Waals surface area contributed by atoms with Crippen LogP contribution < -0.4 is 0 Å². The van der Waals surface area contributed by atoms with E-state index in [9.17, 15) is 0 Å². The molecule has 0 saturated heterocycles. The molecular formula is C44H40Cl2SiZr. The van der Waals surface area contributed by atoms with Gasteiger partial charge in [-0.1, -0.05) is 123 Å². The zero-order valence-corrected chi connectivity index (χ0v) is 33.4. The average molecular weight is 759 g/mol. The molecule has 0 nitrogen and oxygen atoms in total. The van der Waals surface area contributed by atoms with Crippen molar-refractivity contribution in [3.8, 4) is 22.3 Å². The van der Waals surface area contributed by atoms with Crippen molar-refractivity contribution in [2.75, 3.05) is 0 Å². The number of fused-ring (bicyclic) bond motifs is 4. The van der Waals surface area contributed by atoms with Crippen LogP contribution in [0.4, 0.5) is 0 Å². The van der Waals surface area contributed by atoms with Crippen LogP contribution in [-0.4, -0.2) is 9.52 Å². The maximum atomic E-state index is 4.93. The molecule has 0 aliphatic heterocycles. The van der Waals surface area contributed by atoms with E-state index < -0.39 is 20.8 Å². The Morgan fingerprint density at radius 1 is 0.479 bits per heavy atom. The topological polar surface area (TPSA) is 0 Å². The van der Waals surface area contributed by atoms with Gasteiger partial charge < -0.3 is 0 Å². The number of aryl methyl sites for hydroxylation is 4. The van der Waals surface area contributed by atoms with Gasteiger partial charge in [-0.25, -0.2) is 0 Å². The predicted octanol–water partition coefficient (Wildman–Crippen LogP) is 14.2. The molecule has 0 heterocycles. The first-order chi connectivity index (χ1) is 23.3. The number of hydrogen-bond donors (Lipinski definition) is 0. The van der Waals surface area contributed by atoms with E-state index in [1.165, 1.54) is 87.6 Å². The van der Waals surface area contributed by atoms with Crippen molar-refractivity contribution < 1.29 is 20.8 Å². The van der Waals surface area contributed by atoms with Gasteiger partial charge in [0.15, 0.2) is 0 Å². The van der Waals surface area contributed by atoms with E-state index in [1.54, 1.807) is 0 Å². The van der Waals surface area contributed by atoms with Gasteiger partial charge in [0.1, 0.15) is 0 Å². The van der Waals surface area contributed by atoms with E-state index in [1.807, 2.05) is 0 Å². The van der Waals surface area contributed by atoms with Gasteiger partial charge in [-0.3, -0.25) is 0 Å². The SMILES string of the molecule is C[Si]C.Cc1cc2c(-c3c(C)ccc4ccccc34)cccc2[cH-]1.Cc1cc2c(-c3c(C)ccc4ccccc34)cccc2[cH-]1.[Cl][Zr+2][Cl]. The summed E-state index contributed by atoms with van der Waals surface area (Å²) in [7, 11) is 11.0. The zero-order chi connectivity index (χ0) is 34.2. The number of halogens is 2. The van der Waals surface area contributed by atoms with Crippen molar-refractivity contribution in [3.63, 3.8) is 0 Å². The number of rotatable bonds is 2. The number of benzene rings is 6. The van der Waals surface area contributed by atoms with Crippen molar-refractivity contribution in [1.29, 1.82) is 0 Å². The fraction of sp³-hybridized carbons (Fsp3) is 0.136. The molecule has 238 valence electrons. The predicted molar refractivity (Wildman–Crippen MR) is 213 cm³/mol. The molecule has 8 aromatic rings. The standard InChI is InChI=1S/2C21H17.C2H6Si.2ClH.Zr/c2*1-14-12-17-7-5-9-19(20(17)13-14)21-15(2)10-11-16-6-3-4-8-18(16)21;1-3-2;;;/h2*3-13H,1-2H3;1-2H3;2*1H;/q2*-1;;;;+4/p-2. The Morgan fingerprint density at radius 2 is 0.854 bits per heavy atom. The van der Waals surface area contributed by atoms with Crippen LogP contribution in [0.1, 0.15) is 22.3 Å². The summed E-state index contributed by atoms with van der Waals surface area (Å²) in [5, 5.41) is 10.7. The van der Waals surface area contributed by atoms with Crippen LogP contribution in [0.3, 0.4) is 0 Å². The fourth-order valence-corrected chi connectivity index (χ4v) is 6.68. The molecule has 4 heteroatoms. The van der Waals surface area contributed by atoms with Crippen molar-refractivity contribution in [1.82, 2.24) is 0 Å². The third-order valence-corrected chi connectivity index (χ3v) is 8.60. The van der Waals surface area contributed by atoms with Gasteiger partial charge in [0.2, 0.25) is 0 Å².